The lowest BCUT2D eigenvalue weighted by Crippen LogP contribution is -2.29. The van der Waals surface area contributed by atoms with Gasteiger partial charge < -0.3 is 10.6 Å². The Morgan fingerprint density at radius 2 is 2.20 bits per heavy atom. The van der Waals surface area contributed by atoms with Crippen LogP contribution in [-0.4, -0.2) is 35.4 Å². The van der Waals surface area contributed by atoms with Crippen molar-refractivity contribution in [2.75, 3.05) is 24.7 Å². The predicted molar refractivity (Wildman–Crippen MR) is 82.6 cm³/mol. The summed E-state index contributed by atoms with van der Waals surface area (Å²) in [6.07, 6.45) is 1.98. The van der Waals surface area contributed by atoms with E-state index in [9.17, 15) is 14.9 Å². The van der Waals surface area contributed by atoms with E-state index in [0.29, 0.717) is 29.6 Å². The maximum absolute atomic E-state index is 12.0. The molecular formula is C13H19N3O3S. The van der Waals surface area contributed by atoms with Gasteiger partial charge in [-0.3, -0.25) is 14.9 Å². The fraction of sp³-hybridized carbons (Fsp3) is 0.462. The molecule has 0 bridgehead atoms. The van der Waals surface area contributed by atoms with Gasteiger partial charge in [-0.15, -0.1) is 0 Å². The first kappa shape index (κ1) is 16.3. The van der Waals surface area contributed by atoms with E-state index >= 15 is 0 Å². The third-order valence-corrected chi connectivity index (χ3v) is 3.75. The molecule has 20 heavy (non-hydrogen) atoms. The van der Waals surface area contributed by atoms with E-state index in [1.807, 2.05) is 20.1 Å². The molecule has 1 aromatic rings. The number of rotatable bonds is 7. The summed E-state index contributed by atoms with van der Waals surface area (Å²) in [5.74, 6) is -0.222. The fourth-order valence-corrected chi connectivity index (χ4v) is 1.84. The lowest BCUT2D eigenvalue weighted by atomic mass is 10.1. The molecule has 6 nitrogen and oxygen atoms in total. The van der Waals surface area contributed by atoms with Crippen LogP contribution in [0, 0.1) is 10.1 Å². The van der Waals surface area contributed by atoms with Crippen LogP contribution in [0.1, 0.15) is 24.2 Å². The molecule has 0 fully saturated rings. The van der Waals surface area contributed by atoms with Crippen LogP contribution >= 0.6 is 11.8 Å². The topological polar surface area (TPSA) is 84.3 Å². The van der Waals surface area contributed by atoms with Crippen LogP contribution in [0.5, 0.6) is 0 Å². The lowest BCUT2D eigenvalue weighted by molar-refractivity contribution is -0.384. The number of amides is 1. The van der Waals surface area contributed by atoms with Crippen molar-refractivity contribution in [1.82, 2.24) is 5.32 Å². The molecule has 0 heterocycles. The van der Waals surface area contributed by atoms with E-state index in [1.54, 1.807) is 11.8 Å². The molecule has 1 unspecified atom stereocenters. The van der Waals surface area contributed by atoms with Gasteiger partial charge in [-0.2, -0.15) is 11.8 Å². The Balaban J connectivity index is 2.88. The average molecular weight is 297 g/mol. The van der Waals surface area contributed by atoms with Crippen molar-refractivity contribution in [1.29, 1.82) is 0 Å². The molecule has 1 amide bonds. The highest BCUT2D eigenvalue weighted by atomic mass is 32.2. The molecule has 7 heteroatoms. The molecule has 0 aliphatic carbocycles. The quantitative estimate of drug-likeness (QED) is 0.596. The fourth-order valence-electron chi connectivity index (χ4n) is 1.59. The van der Waals surface area contributed by atoms with Gasteiger partial charge in [0.25, 0.3) is 11.6 Å². The van der Waals surface area contributed by atoms with Crippen LogP contribution in [0.25, 0.3) is 0 Å². The van der Waals surface area contributed by atoms with Crippen LogP contribution in [0.2, 0.25) is 0 Å². The van der Waals surface area contributed by atoms with Crippen molar-refractivity contribution in [3.8, 4) is 0 Å². The Labute approximate surface area is 122 Å². The first-order valence-corrected chi connectivity index (χ1v) is 7.61. The summed E-state index contributed by atoms with van der Waals surface area (Å²) in [6.45, 7) is 4.98. The highest BCUT2D eigenvalue weighted by Crippen LogP contribution is 2.25. The number of nitro groups is 1. The Bertz CT molecular complexity index is 494. The van der Waals surface area contributed by atoms with Crippen molar-refractivity contribution in [2.45, 2.75) is 19.1 Å². The van der Waals surface area contributed by atoms with Gasteiger partial charge in [0, 0.05) is 30.0 Å². The van der Waals surface area contributed by atoms with Crippen molar-refractivity contribution in [3.05, 3.63) is 33.9 Å². The normalized spacial score (nSPS) is 11.8. The highest BCUT2D eigenvalue weighted by Gasteiger charge is 2.16. The minimum atomic E-state index is -0.463. The highest BCUT2D eigenvalue weighted by molar-refractivity contribution is 7.99. The third kappa shape index (κ3) is 4.41. The van der Waals surface area contributed by atoms with Crippen LogP contribution in [0.15, 0.2) is 18.2 Å². The van der Waals surface area contributed by atoms with Crippen molar-refractivity contribution in [2.24, 2.45) is 0 Å². The molecule has 0 saturated carbocycles. The van der Waals surface area contributed by atoms with Crippen LogP contribution in [-0.2, 0) is 0 Å². The van der Waals surface area contributed by atoms with Crippen LogP contribution in [0.3, 0.4) is 0 Å². The number of hydrogen-bond acceptors (Lipinski definition) is 5. The summed E-state index contributed by atoms with van der Waals surface area (Å²) in [5.41, 5.74) is 0.754. The Hall–Kier alpha value is -1.76. The van der Waals surface area contributed by atoms with Crippen LogP contribution < -0.4 is 10.6 Å². The largest absolute Gasteiger partial charge is 0.380 e. The predicted octanol–water partition coefficient (Wildman–Crippen LogP) is 2.51. The Kier molecular flexibility index (Phi) is 6.30. The Morgan fingerprint density at radius 3 is 2.75 bits per heavy atom. The van der Waals surface area contributed by atoms with Gasteiger partial charge >= 0.3 is 0 Å². The first-order valence-electron chi connectivity index (χ1n) is 6.32. The molecule has 0 aliphatic heterocycles. The summed E-state index contributed by atoms with van der Waals surface area (Å²) >= 11 is 1.66. The van der Waals surface area contributed by atoms with Gasteiger partial charge in [0.15, 0.2) is 0 Å². The molecule has 110 valence electrons. The minimum absolute atomic E-state index is 0.0270. The maximum atomic E-state index is 12.0. The van der Waals surface area contributed by atoms with Crippen molar-refractivity contribution >= 4 is 29.0 Å². The standard InChI is InChI=1S/C13H19N3O3S/c1-4-14-11-7-10(5-6-12(11)16(18)19)13(17)15-8-9(2)20-3/h5-7,9,14H,4,8H2,1-3H3,(H,15,17). The summed E-state index contributed by atoms with van der Waals surface area (Å²) in [5, 5.41) is 16.9. The van der Waals surface area contributed by atoms with Crippen molar-refractivity contribution < 1.29 is 9.72 Å². The van der Waals surface area contributed by atoms with Gasteiger partial charge in [-0.05, 0) is 25.3 Å². The molecule has 0 aliphatic rings. The number of benzene rings is 1. The smallest absolute Gasteiger partial charge is 0.292 e. The van der Waals surface area contributed by atoms with Gasteiger partial charge in [0.1, 0.15) is 5.69 Å². The van der Waals surface area contributed by atoms with Crippen LogP contribution in [0.4, 0.5) is 11.4 Å². The number of thioether (sulfide) groups is 1. The maximum Gasteiger partial charge on any atom is 0.292 e. The van der Waals surface area contributed by atoms with Gasteiger partial charge in [-0.25, -0.2) is 0 Å². The molecule has 0 aromatic heterocycles. The second-order valence-corrected chi connectivity index (χ2v) is 5.55. The zero-order valence-corrected chi connectivity index (χ0v) is 12.6. The molecule has 1 aromatic carbocycles. The van der Waals surface area contributed by atoms with E-state index < -0.39 is 4.92 Å². The average Bonchev–Trinajstić information content (AvgIpc) is 2.44. The Morgan fingerprint density at radius 1 is 1.50 bits per heavy atom. The van der Waals surface area contributed by atoms with E-state index in [-0.39, 0.29) is 11.6 Å². The van der Waals surface area contributed by atoms with E-state index in [4.69, 9.17) is 0 Å². The van der Waals surface area contributed by atoms with Gasteiger partial charge in [-0.1, -0.05) is 6.92 Å². The third-order valence-electron chi connectivity index (χ3n) is 2.78. The molecule has 2 N–H and O–H groups in total. The SMILES string of the molecule is CCNc1cc(C(=O)NCC(C)SC)ccc1[N+](=O)[O-]. The number of nitrogens with zero attached hydrogens (tertiary/aromatic N) is 1. The second-order valence-electron chi connectivity index (χ2n) is 4.28. The van der Waals surface area contributed by atoms with E-state index in [1.165, 1.54) is 18.2 Å². The number of nitro benzene ring substituents is 1. The summed E-state index contributed by atoms with van der Waals surface area (Å²) in [4.78, 5) is 22.4. The zero-order valence-electron chi connectivity index (χ0n) is 11.8. The molecule has 1 atom stereocenters. The molecule has 0 saturated heterocycles. The summed E-state index contributed by atoms with van der Waals surface area (Å²) in [7, 11) is 0. The van der Waals surface area contributed by atoms with E-state index in [2.05, 4.69) is 10.6 Å². The monoisotopic (exact) mass is 297 g/mol. The number of anilines is 1. The number of carbonyl (C=O) groups is 1. The first-order chi connectivity index (χ1) is 9.49. The second kappa shape index (κ2) is 7.74. The van der Waals surface area contributed by atoms with E-state index in [0.717, 1.165) is 0 Å². The zero-order chi connectivity index (χ0) is 15.1. The number of carbonyl (C=O) groups excluding carboxylic acids is 1. The molecule has 0 radical (unpaired) electrons. The minimum Gasteiger partial charge on any atom is -0.380 e. The van der Waals surface area contributed by atoms with Crippen molar-refractivity contribution in [3.63, 3.8) is 0 Å². The molecule has 0 spiro atoms. The number of hydrogen-bond donors (Lipinski definition) is 2. The molecule has 1 rings (SSSR count). The van der Waals surface area contributed by atoms with Gasteiger partial charge in [0.05, 0.1) is 4.92 Å². The van der Waals surface area contributed by atoms with Gasteiger partial charge in [0.2, 0.25) is 0 Å². The molecular weight excluding hydrogens is 278 g/mol. The lowest BCUT2D eigenvalue weighted by Gasteiger charge is -2.11. The summed E-state index contributed by atoms with van der Waals surface area (Å²) < 4.78 is 0. The summed E-state index contributed by atoms with van der Waals surface area (Å²) in [6, 6.07) is 4.34. The number of nitrogens with one attached hydrogen (secondary N) is 2.